The van der Waals surface area contributed by atoms with E-state index < -0.39 is 6.10 Å². The first-order valence-corrected chi connectivity index (χ1v) is 7.41. The van der Waals surface area contributed by atoms with Crippen molar-refractivity contribution in [2.75, 3.05) is 5.32 Å². The lowest BCUT2D eigenvalue weighted by atomic mass is 10.0. The van der Waals surface area contributed by atoms with E-state index in [2.05, 4.69) is 10.6 Å². The summed E-state index contributed by atoms with van der Waals surface area (Å²) >= 11 is 11.1. The van der Waals surface area contributed by atoms with Gasteiger partial charge in [0.2, 0.25) is 0 Å². The molecule has 2 aromatic carbocycles. The number of hydrogen-bond donors (Lipinski definition) is 3. The molecule has 5 heteroatoms. The molecule has 3 N–H and O–H groups in total. The molecule has 0 heterocycles. The van der Waals surface area contributed by atoms with Crippen molar-refractivity contribution >= 4 is 34.6 Å². The lowest BCUT2D eigenvalue weighted by Gasteiger charge is -2.22. The molecule has 3 nitrogen and oxygen atoms in total. The van der Waals surface area contributed by atoms with Crippen LogP contribution >= 0.6 is 23.8 Å². The molecule has 0 saturated heterocycles. The highest BCUT2D eigenvalue weighted by molar-refractivity contribution is 7.80. The zero-order valence-electron chi connectivity index (χ0n) is 11.6. The van der Waals surface area contributed by atoms with Gasteiger partial charge in [-0.3, -0.25) is 0 Å². The molecule has 2 rings (SSSR count). The van der Waals surface area contributed by atoms with Crippen molar-refractivity contribution in [3.8, 4) is 0 Å². The summed E-state index contributed by atoms with van der Waals surface area (Å²) in [5.41, 5.74) is 1.70. The van der Waals surface area contributed by atoms with E-state index in [1.807, 2.05) is 49.4 Å². The molecule has 110 valence electrons. The maximum Gasteiger partial charge on any atom is 0.171 e. The standard InChI is InChI=1S/C16H17ClN2OS/c1-11(15(20)12-5-3-2-4-6-12)18-16(21)19-14-9-7-13(17)8-10-14/h2-11,15,20H,1H3,(H2,18,19,21). The predicted molar refractivity (Wildman–Crippen MR) is 91.7 cm³/mol. The largest absolute Gasteiger partial charge is 0.386 e. The highest BCUT2D eigenvalue weighted by Crippen LogP contribution is 2.17. The fourth-order valence-corrected chi connectivity index (χ4v) is 2.35. The number of aliphatic hydroxyl groups is 1. The molecular formula is C16H17ClN2OS. The smallest absolute Gasteiger partial charge is 0.171 e. The summed E-state index contributed by atoms with van der Waals surface area (Å²) in [7, 11) is 0. The molecule has 0 aliphatic rings. The Bertz CT molecular complexity index is 589. The molecule has 0 aliphatic carbocycles. The Morgan fingerprint density at radius 1 is 1.10 bits per heavy atom. The number of benzene rings is 2. The zero-order chi connectivity index (χ0) is 15.2. The minimum Gasteiger partial charge on any atom is -0.386 e. The summed E-state index contributed by atoms with van der Waals surface area (Å²) in [4.78, 5) is 0. The predicted octanol–water partition coefficient (Wildman–Crippen LogP) is 3.75. The molecule has 2 atom stereocenters. The molecular weight excluding hydrogens is 304 g/mol. The van der Waals surface area contributed by atoms with Crippen molar-refractivity contribution in [2.45, 2.75) is 19.1 Å². The van der Waals surface area contributed by atoms with Crippen LogP contribution in [0.4, 0.5) is 5.69 Å². The van der Waals surface area contributed by atoms with E-state index in [0.717, 1.165) is 11.3 Å². The minimum atomic E-state index is -0.629. The number of nitrogens with one attached hydrogen (secondary N) is 2. The molecule has 0 spiro atoms. The van der Waals surface area contributed by atoms with Crippen molar-refractivity contribution in [1.82, 2.24) is 5.32 Å². The van der Waals surface area contributed by atoms with Crippen LogP contribution in [0.2, 0.25) is 5.02 Å². The van der Waals surface area contributed by atoms with E-state index >= 15 is 0 Å². The number of rotatable bonds is 4. The Morgan fingerprint density at radius 3 is 2.33 bits per heavy atom. The number of thiocarbonyl (C=S) groups is 1. The lowest BCUT2D eigenvalue weighted by Crippen LogP contribution is -2.39. The van der Waals surface area contributed by atoms with E-state index in [0.29, 0.717) is 10.1 Å². The fraction of sp³-hybridized carbons (Fsp3) is 0.188. The van der Waals surface area contributed by atoms with Crippen LogP contribution in [0.3, 0.4) is 0 Å². The highest BCUT2D eigenvalue weighted by atomic mass is 35.5. The van der Waals surface area contributed by atoms with E-state index in [1.54, 1.807) is 12.1 Å². The third-order valence-corrected chi connectivity index (χ3v) is 3.55. The van der Waals surface area contributed by atoms with Gasteiger partial charge in [0.25, 0.3) is 0 Å². The number of aliphatic hydroxyl groups excluding tert-OH is 1. The van der Waals surface area contributed by atoms with Crippen molar-refractivity contribution in [3.63, 3.8) is 0 Å². The van der Waals surface area contributed by atoms with Crippen LogP contribution in [0.15, 0.2) is 54.6 Å². The minimum absolute atomic E-state index is 0.209. The number of anilines is 1. The third-order valence-electron chi connectivity index (χ3n) is 3.08. The van der Waals surface area contributed by atoms with Gasteiger partial charge in [0.15, 0.2) is 5.11 Å². The first-order chi connectivity index (χ1) is 10.1. The summed E-state index contributed by atoms with van der Waals surface area (Å²) in [5.74, 6) is 0. The second-order valence-corrected chi connectivity index (χ2v) is 5.59. The van der Waals surface area contributed by atoms with Crippen LogP contribution in [0, 0.1) is 0 Å². The molecule has 0 amide bonds. The van der Waals surface area contributed by atoms with Gasteiger partial charge < -0.3 is 15.7 Å². The van der Waals surface area contributed by atoms with Gasteiger partial charge in [0.05, 0.1) is 12.1 Å². The first kappa shape index (κ1) is 15.8. The summed E-state index contributed by atoms with van der Waals surface area (Å²) in [5, 5.41) is 17.5. The Morgan fingerprint density at radius 2 is 1.71 bits per heavy atom. The second kappa shape index (κ2) is 7.41. The summed E-state index contributed by atoms with van der Waals surface area (Å²) in [6, 6.07) is 16.5. The van der Waals surface area contributed by atoms with Crippen LogP contribution in [-0.4, -0.2) is 16.3 Å². The average molecular weight is 321 g/mol. The van der Waals surface area contributed by atoms with Crippen LogP contribution < -0.4 is 10.6 Å². The van der Waals surface area contributed by atoms with Crippen LogP contribution in [0.5, 0.6) is 0 Å². The van der Waals surface area contributed by atoms with Gasteiger partial charge in [-0.2, -0.15) is 0 Å². The highest BCUT2D eigenvalue weighted by Gasteiger charge is 2.16. The summed E-state index contributed by atoms with van der Waals surface area (Å²) in [6.45, 7) is 1.88. The lowest BCUT2D eigenvalue weighted by molar-refractivity contribution is 0.145. The Balaban J connectivity index is 1.91. The summed E-state index contributed by atoms with van der Waals surface area (Å²) in [6.07, 6.45) is -0.629. The molecule has 0 aromatic heterocycles. The molecule has 0 bridgehead atoms. The van der Waals surface area contributed by atoms with Gasteiger partial charge in [-0.05, 0) is 49.0 Å². The van der Waals surface area contributed by atoms with E-state index in [1.165, 1.54) is 0 Å². The van der Waals surface area contributed by atoms with E-state index in [-0.39, 0.29) is 6.04 Å². The van der Waals surface area contributed by atoms with Gasteiger partial charge in [0, 0.05) is 10.7 Å². The maximum atomic E-state index is 10.3. The van der Waals surface area contributed by atoms with Crippen LogP contribution in [0.25, 0.3) is 0 Å². The quantitative estimate of drug-likeness (QED) is 0.751. The Kier molecular flexibility index (Phi) is 5.56. The monoisotopic (exact) mass is 320 g/mol. The van der Waals surface area contributed by atoms with Gasteiger partial charge in [0.1, 0.15) is 0 Å². The first-order valence-electron chi connectivity index (χ1n) is 6.62. The zero-order valence-corrected chi connectivity index (χ0v) is 13.2. The van der Waals surface area contributed by atoms with Gasteiger partial charge in [-0.25, -0.2) is 0 Å². The van der Waals surface area contributed by atoms with Crippen molar-refractivity contribution < 1.29 is 5.11 Å². The average Bonchev–Trinajstić information content (AvgIpc) is 2.49. The fourth-order valence-electron chi connectivity index (χ4n) is 1.93. The normalized spacial score (nSPS) is 13.3. The number of hydrogen-bond acceptors (Lipinski definition) is 2. The van der Waals surface area contributed by atoms with Gasteiger partial charge in [-0.15, -0.1) is 0 Å². The second-order valence-electron chi connectivity index (χ2n) is 4.75. The van der Waals surface area contributed by atoms with E-state index in [9.17, 15) is 5.11 Å². The molecule has 0 radical (unpaired) electrons. The SMILES string of the molecule is CC(NC(=S)Nc1ccc(Cl)cc1)C(O)c1ccccc1. The van der Waals surface area contributed by atoms with Crippen molar-refractivity contribution in [3.05, 3.63) is 65.2 Å². The number of halogens is 1. The molecule has 2 unspecified atom stereocenters. The Labute approximate surface area is 135 Å². The topological polar surface area (TPSA) is 44.3 Å². The van der Waals surface area contributed by atoms with Gasteiger partial charge in [-0.1, -0.05) is 41.9 Å². The van der Waals surface area contributed by atoms with Crippen LogP contribution in [0.1, 0.15) is 18.6 Å². The molecule has 0 saturated carbocycles. The van der Waals surface area contributed by atoms with Crippen LogP contribution in [-0.2, 0) is 0 Å². The third kappa shape index (κ3) is 4.70. The van der Waals surface area contributed by atoms with E-state index in [4.69, 9.17) is 23.8 Å². The molecule has 2 aromatic rings. The Hall–Kier alpha value is -1.62. The van der Waals surface area contributed by atoms with Crippen molar-refractivity contribution in [1.29, 1.82) is 0 Å². The molecule has 0 fully saturated rings. The summed E-state index contributed by atoms with van der Waals surface area (Å²) < 4.78 is 0. The van der Waals surface area contributed by atoms with Gasteiger partial charge >= 0.3 is 0 Å². The maximum absolute atomic E-state index is 10.3. The van der Waals surface area contributed by atoms with Crippen molar-refractivity contribution in [2.24, 2.45) is 0 Å². The molecule has 21 heavy (non-hydrogen) atoms. The molecule has 0 aliphatic heterocycles.